The molecule has 4 nitrogen and oxygen atoms in total. The molecular weight excluding hydrogens is 288 g/mol. The summed E-state index contributed by atoms with van der Waals surface area (Å²) in [4.78, 5) is 29.7. The number of carbonyl (C=O) groups excluding carboxylic acids is 2. The highest BCUT2D eigenvalue weighted by Crippen LogP contribution is 2.27. The minimum atomic E-state index is -0.00128. The summed E-state index contributed by atoms with van der Waals surface area (Å²) in [5.41, 5.74) is 5.21. The summed E-state index contributed by atoms with van der Waals surface area (Å²) in [6.07, 6.45) is 2.13. The number of carbonyl (C=O) groups is 2. The number of hydrogen-bond acceptors (Lipinski definition) is 3. The Morgan fingerprint density at radius 1 is 1.22 bits per heavy atom. The van der Waals surface area contributed by atoms with Crippen LogP contribution in [0.4, 0.5) is 5.69 Å². The zero-order valence-corrected chi connectivity index (χ0v) is 13.9. The normalized spacial score (nSPS) is 13.8. The smallest absolute Gasteiger partial charge is 0.198 e. The van der Waals surface area contributed by atoms with Crippen LogP contribution < -0.4 is 4.90 Å². The van der Waals surface area contributed by atoms with Crippen molar-refractivity contribution in [3.05, 3.63) is 52.3 Å². The minimum Gasteiger partial charge on any atom is -0.364 e. The van der Waals surface area contributed by atoms with Gasteiger partial charge >= 0.3 is 0 Å². The first-order chi connectivity index (χ1) is 11.0. The Balaban J connectivity index is 1.87. The zero-order chi connectivity index (χ0) is 16.6. The van der Waals surface area contributed by atoms with Crippen LogP contribution in [0.5, 0.6) is 0 Å². The van der Waals surface area contributed by atoms with Crippen molar-refractivity contribution in [2.45, 2.75) is 33.6 Å². The van der Waals surface area contributed by atoms with E-state index in [2.05, 4.69) is 22.0 Å². The summed E-state index contributed by atoms with van der Waals surface area (Å²) in [6.45, 7) is 6.46. The second-order valence-electron chi connectivity index (χ2n) is 6.26. The molecule has 1 aliphatic rings. The van der Waals surface area contributed by atoms with Crippen molar-refractivity contribution in [1.29, 1.82) is 0 Å². The molecule has 0 saturated heterocycles. The fourth-order valence-electron chi connectivity index (χ4n) is 3.59. The maximum atomic E-state index is 12.7. The van der Waals surface area contributed by atoms with Gasteiger partial charge in [-0.2, -0.15) is 0 Å². The number of hydrogen-bond donors (Lipinski definition) is 1. The van der Waals surface area contributed by atoms with Crippen LogP contribution in [-0.4, -0.2) is 29.6 Å². The van der Waals surface area contributed by atoms with Gasteiger partial charge in [0.25, 0.3) is 0 Å². The van der Waals surface area contributed by atoms with Gasteiger partial charge in [-0.25, -0.2) is 0 Å². The number of aromatic nitrogens is 1. The van der Waals surface area contributed by atoms with E-state index in [4.69, 9.17) is 0 Å². The molecule has 2 heterocycles. The number of anilines is 1. The molecule has 0 bridgehead atoms. The summed E-state index contributed by atoms with van der Waals surface area (Å²) in [7, 11) is 0. The van der Waals surface area contributed by atoms with Crippen LogP contribution in [-0.2, 0) is 6.42 Å². The van der Waals surface area contributed by atoms with Gasteiger partial charge in [-0.15, -0.1) is 0 Å². The van der Waals surface area contributed by atoms with E-state index in [0.717, 1.165) is 36.3 Å². The number of fused-ring (bicyclic) bond motifs is 1. The summed E-state index contributed by atoms with van der Waals surface area (Å²) in [5, 5.41) is 0. The van der Waals surface area contributed by atoms with Gasteiger partial charge in [0, 0.05) is 23.5 Å². The lowest BCUT2D eigenvalue weighted by atomic mass is 10.0. The molecule has 23 heavy (non-hydrogen) atoms. The van der Waals surface area contributed by atoms with Crippen molar-refractivity contribution >= 4 is 17.3 Å². The highest BCUT2D eigenvalue weighted by Gasteiger charge is 2.23. The van der Waals surface area contributed by atoms with Crippen LogP contribution in [0.15, 0.2) is 24.3 Å². The second kappa shape index (κ2) is 6.03. The molecule has 0 fully saturated rings. The lowest BCUT2D eigenvalue weighted by Crippen LogP contribution is -2.34. The monoisotopic (exact) mass is 310 g/mol. The van der Waals surface area contributed by atoms with Crippen molar-refractivity contribution in [3.63, 3.8) is 0 Å². The Morgan fingerprint density at radius 2 is 1.96 bits per heavy atom. The van der Waals surface area contributed by atoms with E-state index in [0.29, 0.717) is 17.8 Å². The second-order valence-corrected chi connectivity index (χ2v) is 6.26. The summed E-state index contributed by atoms with van der Waals surface area (Å²) >= 11 is 0. The van der Waals surface area contributed by atoms with Crippen LogP contribution in [0.3, 0.4) is 0 Å². The molecule has 120 valence electrons. The first kappa shape index (κ1) is 15.5. The van der Waals surface area contributed by atoms with Crippen molar-refractivity contribution < 1.29 is 9.59 Å². The largest absolute Gasteiger partial charge is 0.364 e. The van der Waals surface area contributed by atoms with Crippen LogP contribution in [0.1, 0.15) is 51.0 Å². The molecular formula is C19H22N2O2. The van der Waals surface area contributed by atoms with E-state index >= 15 is 0 Å². The molecule has 1 aromatic carbocycles. The number of H-pyrrole nitrogens is 1. The quantitative estimate of drug-likeness (QED) is 0.880. The number of ketones is 2. The van der Waals surface area contributed by atoms with Gasteiger partial charge in [-0.1, -0.05) is 18.2 Å². The first-order valence-corrected chi connectivity index (χ1v) is 8.05. The third-order valence-corrected chi connectivity index (χ3v) is 4.61. The highest BCUT2D eigenvalue weighted by molar-refractivity contribution is 6.04. The number of Topliss-reactive ketones (excluding diaryl/α,β-unsaturated/α-hetero) is 2. The molecule has 4 heteroatoms. The predicted molar refractivity (Wildman–Crippen MR) is 91.6 cm³/mol. The Labute approximate surface area is 136 Å². The molecule has 3 rings (SSSR count). The molecule has 0 amide bonds. The lowest BCUT2D eigenvalue weighted by molar-refractivity contribution is 0.0993. The Morgan fingerprint density at radius 3 is 2.65 bits per heavy atom. The third kappa shape index (κ3) is 2.81. The van der Waals surface area contributed by atoms with Gasteiger partial charge in [0.2, 0.25) is 0 Å². The SMILES string of the molecule is CC(=O)c1c(C)[nH]c(C(=O)CN2CCCc3ccccc32)c1C. The molecule has 0 unspecified atom stereocenters. The van der Waals surface area contributed by atoms with Gasteiger partial charge in [0.1, 0.15) is 0 Å². The standard InChI is InChI=1S/C19H22N2O2/c1-12-18(14(3)22)13(2)20-19(12)17(23)11-21-10-6-8-15-7-4-5-9-16(15)21/h4-5,7,9,20H,6,8,10-11H2,1-3H3. The molecule has 0 aliphatic carbocycles. The molecule has 0 radical (unpaired) electrons. The van der Waals surface area contributed by atoms with Crippen LogP contribution in [0.25, 0.3) is 0 Å². The Kier molecular flexibility index (Phi) is 4.07. The van der Waals surface area contributed by atoms with Crippen molar-refractivity contribution in [2.75, 3.05) is 18.0 Å². The summed E-state index contributed by atoms with van der Waals surface area (Å²) in [5.74, 6) is 0.0356. The maximum absolute atomic E-state index is 12.7. The van der Waals surface area contributed by atoms with E-state index in [1.807, 2.05) is 26.0 Å². The Hall–Kier alpha value is -2.36. The lowest BCUT2D eigenvalue weighted by Gasteiger charge is -2.30. The fourth-order valence-corrected chi connectivity index (χ4v) is 3.59. The molecule has 1 N–H and O–H groups in total. The van der Waals surface area contributed by atoms with Crippen LogP contribution >= 0.6 is 0 Å². The number of nitrogens with one attached hydrogen (secondary N) is 1. The topological polar surface area (TPSA) is 53.2 Å². The number of aryl methyl sites for hydroxylation is 2. The van der Waals surface area contributed by atoms with Gasteiger partial charge in [0.05, 0.1) is 12.2 Å². The van der Waals surface area contributed by atoms with Crippen molar-refractivity contribution in [2.24, 2.45) is 0 Å². The summed E-state index contributed by atoms with van der Waals surface area (Å²) in [6, 6.07) is 8.26. The Bertz CT molecular complexity index is 774. The molecule has 2 aromatic rings. The van der Waals surface area contributed by atoms with E-state index in [1.165, 1.54) is 12.5 Å². The van der Waals surface area contributed by atoms with Gasteiger partial charge in [-0.3, -0.25) is 9.59 Å². The average Bonchev–Trinajstić information content (AvgIpc) is 2.82. The number of para-hydroxylation sites is 1. The average molecular weight is 310 g/mol. The molecule has 1 aliphatic heterocycles. The van der Waals surface area contributed by atoms with E-state index in [1.54, 1.807) is 0 Å². The van der Waals surface area contributed by atoms with Crippen LogP contribution in [0, 0.1) is 13.8 Å². The van der Waals surface area contributed by atoms with E-state index in [9.17, 15) is 9.59 Å². The molecule has 0 saturated carbocycles. The molecule has 1 aromatic heterocycles. The van der Waals surface area contributed by atoms with Crippen molar-refractivity contribution in [1.82, 2.24) is 4.98 Å². The van der Waals surface area contributed by atoms with Crippen molar-refractivity contribution in [3.8, 4) is 0 Å². The molecule has 0 atom stereocenters. The van der Waals surface area contributed by atoms with E-state index < -0.39 is 0 Å². The maximum Gasteiger partial charge on any atom is 0.198 e. The third-order valence-electron chi connectivity index (χ3n) is 4.61. The minimum absolute atomic E-state index is 0.00128. The van der Waals surface area contributed by atoms with Gasteiger partial charge < -0.3 is 9.88 Å². The number of nitrogens with zero attached hydrogens (tertiary/aromatic N) is 1. The predicted octanol–water partition coefficient (Wildman–Crippen LogP) is 3.47. The molecule has 0 spiro atoms. The number of aromatic amines is 1. The van der Waals surface area contributed by atoms with Gasteiger partial charge in [0.15, 0.2) is 11.6 Å². The highest BCUT2D eigenvalue weighted by atomic mass is 16.1. The first-order valence-electron chi connectivity index (χ1n) is 8.05. The fraction of sp³-hybridized carbons (Fsp3) is 0.368. The summed E-state index contributed by atoms with van der Waals surface area (Å²) < 4.78 is 0. The number of rotatable bonds is 4. The van der Waals surface area contributed by atoms with Gasteiger partial charge in [-0.05, 0) is 50.8 Å². The number of benzene rings is 1. The zero-order valence-electron chi connectivity index (χ0n) is 13.9. The van der Waals surface area contributed by atoms with E-state index in [-0.39, 0.29) is 11.6 Å². The van der Waals surface area contributed by atoms with Crippen LogP contribution in [0.2, 0.25) is 0 Å².